The molecule has 0 bridgehead atoms. The summed E-state index contributed by atoms with van der Waals surface area (Å²) < 4.78 is 0. The molecule has 0 aliphatic heterocycles. The Kier molecular flexibility index (Phi) is 2.14. The number of aromatic amines is 1. The summed E-state index contributed by atoms with van der Waals surface area (Å²) in [4.78, 5) is 3.56. The van der Waals surface area contributed by atoms with E-state index in [1.54, 1.807) is 0 Å². The van der Waals surface area contributed by atoms with Gasteiger partial charge in [-0.05, 0) is 50.3 Å². The van der Waals surface area contributed by atoms with Gasteiger partial charge in [0.15, 0.2) is 0 Å². The second-order valence-electron chi connectivity index (χ2n) is 5.54. The Balaban J connectivity index is 2.33. The van der Waals surface area contributed by atoms with Gasteiger partial charge < -0.3 is 10.7 Å². The summed E-state index contributed by atoms with van der Waals surface area (Å²) >= 11 is 0. The smallest absolute Gasteiger partial charge is 0.0491 e. The third-order valence-electron chi connectivity index (χ3n) is 4.47. The summed E-state index contributed by atoms with van der Waals surface area (Å²) in [5.74, 6) is 0. The Labute approximate surface area is 102 Å². The molecule has 2 heteroatoms. The summed E-state index contributed by atoms with van der Waals surface area (Å²) in [6.07, 6.45) is 2.48. The van der Waals surface area contributed by atoms with Gasteiger partial charge in [-0.1, -0.05) is 12.1 Å². The van der Waals surface area contributed by atoms with Gasteiger partial charge >= 0.3 is 0 Å². The first-order valence-corrected chi connectivity index (χ1v) is 6.38. The molecule has 1 aliphatic rings. The van der Waals surface area contributed by atoms with Gasteiger partial charge in [0.25, 0.3) is 0 Å². The molecule has 0 radical (unpaired) electrons. The average Bonchev–Trinajstić information content (AvgIpc) is 3.02. The van der Waals surface area contributed by atoms with Crippen molar-refractivity contribution in [3.05, 3.63) is 34.5 Å². The maximum atomic E-state index is 5.97. The molecule has 0 unspecified atom stereocenters. The molecule has 0 amide bonds. The molecule has 3 N–H and O–H groups in total. The van der Waals surface area contributed by atoms with Crippen LogP contribution in [0.3, 0.4) is 0 Å². The van der Waals surface area contributed by atoms with Crippen LogP contribution in [0.1, 0.15) is 35.2 Å². The lowest BCUT2D eigenvalue weighted by Crippen LogP contribution is -2.20. The van der Waals surface area contributed by atoms with Crippen molar-refractivity contribution in [3.63, 3.8) is 0 Å². The summed E-state index contributed by atoms with van der Waals surface area (Å²) in [7, 11) is 0. The zero-order chi connectivity index (χ0) is 12.2. The lowest BCUT2D eigenvalue weighted by molar-refractivity contribution is 0.705. The predicted molar refractivity (Wildman–Crippen MR) is 72.5 cm³/mol. The highest BCUT2D eigenvalue weighted by Crippen LogP contribution is 2.51. The van der Waals surface area contributed by atoms with E-state index in [1.807, 2.05) is 0 Å². The maximum Gasteiger partial charge on any atom is 0.0491 e. The van der Waals surface area contributed by atoms with Crippen LogP contribution in [0.25, 0.3) is 10.9 Å². The highest BCUT2D eigenvalue weighted by molar-refractivity contribution is 5.89. The first-order chi connectivity index (χ1) is 8.09. The Bertz CT molecular complexity index is 588. The molecule has 0 saturated heterocycles. The predicted octanol–water partition coefficient (Wildman–Crippen LogP) is 3.08. The van der Waals surface area contributed by atoms with Crippen LogP contribution < -0.4 is 5.73 Å². The van der Waals surface area contributed by atoms with E-state index < -0.39 is 0 Å². The highest BCUT2D eigenvalue weighted by Gasteiger charge is 2.45. The number of hydrogen-bond acceptors (Lipinski definition) is 1. The van der Waals surface area contributed by atoms with E-state index >= 15 is 0 Å². The number of nitrogens with one attached hydrogen (secondary N) is 1. The zero-order valence-electron chi connectivity index (χ0n) is 10.9. The first-order valence-electron chi connectivity index (χ1n) is 6.38. The lowest BCUT2D eigenvalue weighted by Gasteiger charge is -2.13. The summed E-state index contributed by atoms with van der Waals surface area (Å²) in [5.41, 5.74) is 13.0. The zero-order valence-corrected chi connectivity index (χ0v) is 10.9. The Morgan fingerprint density at radius 2 is 1.94 bits per heavy atom. The number of fused-ring (bicyclic) bond motifs is 1. The average molecular weight is 228 g/mol. The van der Waals surface area contributed by atoms with Crippen LogP contribution in [0.5, 0.6) is 0 Å². The van der Waals surface area contributed by atoms with Crippen LogP contribution in [0, 0.1) is 20.8 Å². The number of rotatable bonds is 2. The summed E-state index contributed by atoms with van der Waals surface area (Å²) in [6, 6.07) is 4.48. The van der Waals surface area contributed by atoms with Gasteiger partial charge in [0.2, 0.25) is 0 Å². The quantitative estimate of drug-likeness (QED) is 0.815. The van der Waals surface area contributed by atoms with Crippen molar-refractivity contribution in [3.8, 4) is 0 Å². The van der Waals surface area contributed by atoms with Gasteiger partial charge in [0, 0.05) is 28.6 Å². The minimum absolute atomic E-state index is 0.268. The minimum Gasteiger partial charge on any atom is -0.358 e. The molecule has 90 valence electrons. The van der Waals surface area contributed by atoms with E-state index in [4.69, 9.17) is 5.73 Å². The topological polar surface area (TPSA) is 41.8 Å². The van der Waals surface area contributed by atoms with E-state index in [1.165, 1.54) is 46.1 Å². The van der Waals surface area contributed by atoms with Gasteiger partial charge in [0.05, 0.1) is 0 Å². The molecule has 1 saturated carbocycles. The van der Waals surface area contributed by atoms with Crippen molar-refractivity contribution in [1.29, 1.82) is 0 Å². The van der Waals surface area contributed by atoms with Crippen molar-refractivity contribution in [2.75, 3.05) is 6.54 Å². The van der Waals surface area contributed by atoms with Crippen LogP contribution in [0.15, 0.2) is 12.1 Å². The third kappa shape index (κ3) is 1.37. The molecule has 0 spiro atoms. The molecule has 0 atom stereocenters. The fraction of sp³-hybridized carbons (Fsp3) is 0.467. The van der Waals surface area contributed by atoms with Crippen LogP contribution >= 0.6 is 0 Å². The number of benzene rings is 1. The van der Waals surface area contributed by atoms with E-state index in [9.17, 15) is 0 Å². The molecular weight excluding hydrogens is 208 g/mol. The molecule has 1 fully saturated rings. The number of aryl methyl sites for hydroxylation is 3. The van der Waals surface area contributed by atoms with Crippen molar-refractivity contribution in [2.24, 2.45) is 5.73 Å². The van der Waals surface area contributed by atoms with Crippen molar-refractivity contribution < 1.29 is 0 Å². The van der Waals surface area contributed by atoms with Gasteiger partial charge in [-0.2, -0.15) is 0 Å². The molecule has 17 heavy (non-hydrogen) atoms. The van der Waals surface area contributed by atoms with Crippen molar-refractivity contribution in [1.82, 2.24) is 4.98 Å². The Morgan fingerprint density at radius 1 is 1.24 bits per heavy atom. The standard InChI is InChI=1S/C15H20N2/c1-9-4-5-12-13(15(8-16)6-7-15)11(3)17-14(12)10(9)2/h4-5,17H,6-8,16H2,1-3H3. The first kappa shape index (κ1) is 10.8. The van der Waals surface area contributed by atoms with Gasteiger partial charge in [-0.25, -0.2) is 0 Å². The van der Waals surface area contributed by atoms with Crippen molar-refractivity contribution in [2.45, 2.75) is 39.0 Å². The molecule has 1 heterocycles. The molecule has 2 nitrogen and oxygen atoms in total. The van der Waals surface area contributed by atoms with Crippen LogP contribution in [0.2, 0.25) is 0 Å². The Morgan fingerprint density at radius 3 is 2.53 bits per heavy atom. The second-order valence-corrected chi connectivity index (χ2v) is 5.54. The fourth-order valence-electron chi connectivity index (χ4n) is 3.03. The SMILES string of the molecule is Cc1ccc2c(C3(CN)CC3)c(C)[nH]c2c1C. The molecule has 1 aliphatic carbocycles. The minimum atomic E-state index is 0.268. The van der Waals surface area contributed by atoms with Gasteiger partial charge in [-0.3, -0.25) is 0 Å². The number of H-pyrrole nitrogens is 1. The van der Waals surface area contributed by atoms with Crippen LogP contribution in [-0.4, -0.2) is 11.5 Å². The van der Waals surface area contributed by atoms with E-state index in [0.717, 1.165) is 6.54 Å². The molecular formula is C15H20N2. The second kappa shape index (κ2) is 3.36. The molecule has 3 rings (SSSR count). The summed E-state index contributed by atoms with van der Waals surface area (Å²) in [6.45, 7) is 7.31. The monoisotopic (exact) mass is 228 g/mol. The molecule has 1 aromatic carbocycles. The number of nitrogens with two attached hydrogens (primary N) is 1. The number of aromatic nitrogens is 1. The van der Waals surface area contributed by atoms with Gasteiger partial charge in [0.1, 0.15) is 0 Å². The van der Waals surface area contributed by atoms with E-state index in [-0.39, 0.29) is 5.41 Å². The highest BCUT2D eigenvalue weighted by atomic mass is 14.8. The van der Waals surface area contributed by atoms with Crippen molar-refractivity contribution >= 4 is 10.9 Å². The largest absolute Gasteiger partial charge is 0.358 e. The van der Waals surface area contributed by atoms with E-state index in [0.29, 0.717) is 0 Å². The van der Waals surface area contributed by atoms with E-state index in [2.05, 4.69) is 37.9 Å². The third-order valence-corrected chi connectivity index (χ3v) is 4.47. The normalized spacial score (nSPS) is 17.6. The molecule has 1 aromatic heterocycles. The van der Waals surface area contributed by atoms with Crippen LogP contribution in [-0.2, 0) is 5.41 Å². The molecule has 2 aromatic rings. The lowest BCUT2D eigenvalue weighted by atomic mass is 9.92. The Hall–Kier alpha value is -1.28. The van der Waals surface area contributed by atoms with Crippen LogP contribution in [0.4, 0.5) is 0 Å². The van der Waals surface area contributed by atoms with Gasteiger partial charge in [-0.15, -0.1) is 0 Å². The maximum absolute atomic E-state index is 5.97. The number of hydrogen-bond donors (Lipinski definition) is 2. The fourth-order valence-corrected chi connectivity index (χ4v) is 3.03. The summed E-state index contributed by atoms with van der Waals surface area (Å²) in [5, 5.41) is 1.38.